The molecule has 0 aromatic heterocycles. The van der Waals surface area contributed by atoms with E-state index in [0.29, 0.717) is 27.5 Å². The fourth-order valence-corrected chi connectivity index (χ4v) is 2.90. The van der Waals surface area contributed by atoms with Gasteiger partial charge in [-0.2, -0.15) is 0 Å². The molecular formula is C15H23Cl2N3O. The number of hydrogen-bond acceptors (Lipinski definition) is 3. The molecule has 6 heteroatoms. The van der Waals surface area contributed by atoms with Crippen LogP contribution in [0.3, 0.4) is 0 Å². The maximum Gasteiger partial charge on any atom is 0.241 e. The van der Waals surface area contributed by atoms with Crippen LogP contribution in [-0.4, -0.2) is 29.9 Å². The Hall–Kier alpha value is -0.970. The summed E-state index contributed by atoms with van der Waals surface area (Å²) in [6.07, 6.45) is 1.99. The summed E-state index contributed by atoms with van der Waals surface area (Å²) in [5.74, 6) is -0.141. The highest BCUT2D eigenvalue weighted by atomic mass is 35.5. The second-order valence-electron chi connectivity index (χ2n) is 5.16. The van der Waals surface area contributed by atoms with Crippen molar-refractivity contribution in [1.82, 2.24) is 4.90 Å². The van der Waals surface area contributed by atoms with E-state index in [1.165, 1.54) is 0 Å². The number of carbonyl (C=O) groups is 1. The fraction of sp³-hybridized carbons (Fsp3) is 0.533. The van der Waals surface area contributed by atoms with Gasteiger partial charge in [-0.1, -0.05) is 37.0 Å². The van der Waals surface area contributed by atoms with Gasteiger partial charge in [0.25, 0.3) is 0 Å². The number of nitrogens with two attached hydrogens (primary N) is 1. The molecular weight excluding hydrogens is 309 g/mol. The van der Waals surface area contributed by atoms with Crippen LogP contribution in [-0.2, 0) is 4.79 Å². The van der Waals surface area contributed by atoms with E-state index in [1.807, 2.05) is 14.0 Å². The highest BCUT2D eigenvalue weighted by Gasteiger charge is 2.24. The number of hydrogen-bond donors (Lipinski definition) is 2. The molecule has 0 saturated heterocycles. The lowest BCUT2D eigenvalue weighted by molar-refractivity contribution is -0.121. The summed E-state index contributed by atoms with van der Waals surface area (Å²) in [6.45, 7) is 6.10. The lowest BCUT2D eigenvalue weighted by atomic mass is 10.1. The van der Waals surface area contributed by atoms with Crippen LogP contribution in [0.25, 0.3) is 0 Å². The van der Waals surface area contributed by atoms with Gasteiger partial charge in [-0.3, -0.25) is 9.69 Å². The predicted molar refractivity (Wildman–Crippen MR) is 91.1 cm³/mol. The fourth-order valence-electron chi connectivity index (χ4n) is 2.31. The first-order valence-electron chi connectivity index (χ1n) is 7.09. The van der Waals surface area contributed by atoms with E-state index < -0.39 is 0 Å². The molecule has 0 saturated carbocycles. The van der Waals surface area contributed by atoms with Crippen LogP contribution < -0.4 is 11.1 Å². The average Bonchev–Trinajstić information content (AvgIpc) is 2.42. The number of nitrogen functional groups attached to an aromatic ring is 1. The summed E-state index contributed by atoms with van der Waals surface area (Å²) in [5, 5.41) is 3.47. The molecule has 0 bridgehead atoms. The normalized spacial score (nSPS) is 12.8. The Morgan fingerprint density at radius 1 is 1.29 bits per heavy atom. The van der Waals surface area contributed by atoms with Crippen LogP contribution in [0, 0.1) is 0 Å². The minimum absolute atomic E-state index is 0.141. The molecule has 4 nitrogen and oxygen atoms in total. The van der Waals surface area contributed by atoms with Crippen molar-refractivity contribution in [3.05, 3.63) is 22.2 Å². The summed E-state index contributed by atoms with van der Waals surface area (Å²) in [4.78, 5) is 14.4. The number of benzene rings is 1. The number of nitrogens with one attached hydrogen (secondary N) is 1. The zero-order chi connectivity index (χ0) is 16.2. The Balaban J connectivity index is 2.86. The number of anilines is 2. The van der Waals surface area contributed by atoms with Crippen molar-refractivity contribution in [2.24, 2.45) is 0 Å². The summed E-state index contributed by atoms with van der Waals surface area (Å²) >= 11 is 12.2. The monoisotopic (exact) mass is 331 g/mol. The number of likely N-dealkylation sites (N-methyl/N-ethyl adjacent to an activating group) is 1. The number of nitrogens with zero attached hydrogens (tertiary/aromatic N) is 1. The van der Waals surface area contributed by atoms with Gasteiger partial charge < -0.3 is 11.1 Å². The van der Waals surface area contributed by atoms with Crippen LogP contribution in [0.1, 0.15) is 33.6 Å². The lowest BCUT2D eigenvalue weighted by Crippen LogP contribution is -2.45. The van der Waals surface area contributed by atoms with Gasteiger partial charge in [0.2, 0.25) is 5.91 Å². The molecule has 0 radical (unpaired) electrons. The molecule has 3 N–H and O–H groups in total. The van der Waals surface area contributed by atoms with Crippen molar-refractivity contribution < 1.29 is 4.79 Å². The number of amides is 1. The first-order valence-corrected chi connectivity index (χ1v) is 7.84. The third kappa shape index (κ3) is 4.50. The second-order valence-corrected chi connectivity index (χ2v) is 5.97. The van der Waals surface area contributed by atoms with E-state index in [9.17, 15) is 4.79 Å². The molecule has 21 heavy (non-hydrogen) atoms. The van der Waals surface area contributed by atoms with E-state index in [4.69, 9.17) is 28.9 Å². The number of halogens is 2. The van der Waals surface area contributed by atoms with Crippen molar-refractivity contribution in [3.8, 4) is 0 Å². The van der Waals surface area contributed by atoms with Crippen LogP contribution in [0.4, 0.5) is 11.4 Å². The van der Waals surface area contributed by atoms with Gasteiger partial charge in [-0.25, -0.2) is 0 Å². The van der Waals surface area contributed by atoms with Crippen LogP contribution >= 0.6 is 23.2 Å². The molecule has 1 atom stereocenters. The zero-order valence-corrected chi connectivity index (χ0v) is 14.4. The highest BCUT2D eigenvalue weighted by molar-refractivity contribution is 6.40. The molecule has 1 aromatic carbocycles. The topological polar surface area (TPSA) is 58.4 Å². The summed E-state index contributed by atoms with van der Waals surface area (Å²) in [6, 6.07) is 3.22. The van der Waals surface area contributed by atoms with Gasteiger partial charge in [-0.15, -0.1) is 0 Å². The first-order chi connectivity index (χ1) is 9.81. The van der Waals surface area contributed by atoms with Crippen LogP contribution in [0.2, 0.25) is 10.0 Å². The van der Waals surface area contributed by atoms with Crippen LogP contribution in [0.5, 0.6) is 0 Å². The summed E-state index contributed by atoms with van der Waals surface area (Å²) in [7, 11) is 1.95. The Morgan fingerprint density at radius 2 is 1.76 bits per heavy atom. The maximum absolute atomic E-state index is 12.4. The van der Waals surface area contributed by atoms with Gasteiger partial charge in [0, 0.05) is 11.7 Å². The average molecular weight is 332 g/mol. The largest absolute Gasteiger partial charge is 0.399 e. The third-order valence-corrected chi connectivity index (χ3v) is 4.42. The van der Waals surface area contributed by atoms with E-state index in [2.05, 4.69) is 24.1 Å². The Kier molecular flexibility index (Phi) is 6.78. The van der Waals surface area contributed by atoms with Gasteiger partial charge in [-0.05, 0) is 38.9 Å². The Labute approximate surface area is 136 Å². The smallest absolute Gasteiger partial charge is 0.241 e. The van der Waals surface area contributed by atoms with Gasteiger partial charge in [0.05, 0.1) is 21.8 Å². The molecule has 1 rings (SSSR count). The summed E-state index contributed by atoms with van der Waals surface area (Å²) < 4.78 is 0. The van der Waals surface area contributed by atoms with Crippen molar-refractivity contribution >= 4 is 40.5 Å². The highest BCUT2D eigenvalue weighted by Crippen LogP contribution is 2.33. The second kappa shape index (κ2) is 7.87. The van der Waals surface area contributed by atoms with Crippen molar-refractivity contribution in [3.63, 3.8) is 0 Å². The molecule has 1 aromatic rings. The molecule has 1 unspecified atom stereocenters. The minimum Gasteiger partial charge on any atom is -0.399 e. The molecule has 0 aliphatic rings. The van der Waals surface area contributed by atoms with E-state index in [-0.39, 0.29) is 11.9 Å². The Bertz CT molecular complexity index is 481. The first kappa shape index (κ1) is 18.1. The molecule has 0 heterocycles. The van der Waals surface area contributed by atoms with Crippen LogP contribution in [0.15, 0.2) is 12.1 Å². The molecule has 1 amide bonds. The molecule has 0 spiro atoms. The number of carbonyl (C=O) groups excluding carboxylic acids is 1. The minimum atomic E-state index is -0.278. The predicted octanol–water partition coefficient (Wildman–Crippen LogP) is 4.02. The molecule has 0 aliphatic heterocycles. The lowest BCUT2D eigenvalue weighted by Gasteiger charge is -2.31. The SMILES string of the molecule is CCC(CC)N(C)C(C)C(=O)Nc1c(Cl)cc(N)cc1Cl. The third-order valence-electron chi connectivity index (χ3n) is 3.82. The molecule has 0 fully saturated rings. The Morgan fingerprint density at radius 3 is 2.19 bits per heavy atom. The van der Waals surface area contributed by atoms with Crippen molar-refractivity contribution in [2.45, 2.75) is 45.7 Å². The van der Waals surface area contributed by atoms with E-state index in [0.717, 1.165) is 12.8 Å². The standard InChI is InChI=1S/C15H23Cl2N3O/c1-5-11(6-2)20(4)9(3)15(21)19-14-12(16)7-10(18)8-13(14)17/h7-9,11H,5-6,18H2,1-4H3,(H,19,21). The van der Waals surface area contributed by atoms with Crippen molar-refractivity contribution in [2.75, 3.05) is 18.1 Å². The van der Waals surface area contributed by atoms with E-state index >= 15 is 0 Å². The van der Waals surface area contributed by atoms with Gasteiger partial charge in [0.1, 0.15) is 0 Å². The summed E-state index contributed by atoms with van der Waals surface area (Å²) in [5.41, 5.74) is 6.52. The van der Waals surface area contributed by atoms with Gasteiger partial charge >= 0.3 is 0 Å². The zero-order valence-electron chi connectivity index (χ0n) is 12.9. The molecule has 118 valence electrons. The maximum atomic E-state index is 12.4. The van der Waals surface area contributed by atoms with Crippen molar-refractivity contribution in [1.29, 1.82) is 0 Å². The molecule has 0 aliphatic carbocycles. The quantitative estimate of drug-likeness (QED) is 0.774. The van der Waals surface area contributed by atoms with E-state index in [1.54, 1.807) is 12.1 Å². The number of rotatable bonds is 6. The van der Waals surface area contributed by atoms with Gasteiger partial charge in [0.15, 0.2) is 0 Å².